The number of carbonyl (C=O) groups is 2. The maximum atomic E-state index is 12.8. The second-order valence-corrected chi connectivity index (χ2v) is 5.70. The molecule has 1 aromatic heterocycles. The molecule has 5 nitrogen and oxygen atoms in total. The largest absolute Gasteiger partial charge is 0.350 e. The zero-order chi connectivity index (χ0) is 15.7. The fourth-order valence-electron chi connectivity index (χ4n) is 3.07. The van der Waals surface area contributed by atoms with Crippen LogP contribution in [0.1, 0.15) is 23.7 Å². The number of benzene rings is 1. The topological polar surface area (TPSA) is 45.6 Å². The fourth-order valence-corrected chi connectivity index (χ4v) is 3.07. The lowest BCUT2D eigenvalue weighted by Gasteiger charge is -2.34. The van der Waals surface area contributed by atoms with Crippen LogP contribution in [0, 0.1) is 0 Å². The number of piperazine rings is 1. The molecule has 1 aromatic carbocycles. The van der Waals surface area contributed by atoms with Crippen LogP contribution in [-0.4, -0.2) is 52.4 Å². The van der Waals surface area contributed by atoms with Gasteiger partial charge in [0.1, 0.15) is 0 Å². The van der Waals surface area contributed by atoms with Crippen molar-refractivity contribution in [2.24, 2.45) is 7.05 Å². The highest BCUT2D eigenvalue weighted by Crippen LogP contribution is 2.22. The Bertz CT molecular complexity index is 712. The minimum atomic E-state index is 0.0559. The van der Waals surface area contributed by atoms with Crippen molar-refractivity contribution in [2.45, 2.75) is 13.3 Å². The summed E-state index contributed by atoms with van der Waals surface area (Å²) in [5, 5.41) is 0.988. The third-order valence-corrected chi connectivity index (χ3v) is 4.35. The van der Waals surface area contributed by atoms with Gasteiger partial charge in [-0.15, -0.1) is 0 Å². The number of aromatic nitrogens is 1. The van der Waals surface area contributed by atoms with E-state index in [1.165, 1.54) is 0 Å². The Morgan fingerprint density at radius 3 is 2.36 bits per heavy atom. The normalized spacial score (nSPS) is 15.4. The number of amides is 2. The molecule has 0 unspecified atom stereocenters. The summed E-state index contributed by atoms with van der Waals surface area (Å²) in [6, 6.07) is 7.94. The summed E-state index contributed by atoms with van der Waals surface area (Å²) < 4.78 is 1.99. The summed E-state index contributed by atoms with van der Waals surface area (Å²) in [5.41, 5.74) is 1.80. The standard InChI is InChI=1S/C17H21N3O2/c1-3-16(21)19-8-10-20(11-9-19)17(22)14-12-18(2)15-7-5-4-6-13(14)15/h4-7,12H,3,8-11H2,1-2H3. The van der Waals surface area contributed by atoms with Crippen molar-refractivity contribution >= 4 is 22.7 Å². The van der Waals surface area contributed by atoms with Gasteiger partial charge in [-0.2, -0.15) is 0 Å². The molecule has 0 radical (unpaired) electrons. The number of carbonyl (C=O) groups excluding carboxylic acids is 2. The van der Waals surface area contributed by atoms with Crippen LogP contribution < -0.4 is 0 Å². The van der Waals surface area contributed by atoms with Crippen molar-refractivity contribution in [3.8, 4) is 0 Å². The Hall–Kier alpha value is -2.30. The first-order chi connectivity index (χ1) is 10.6. The molecular weight excluding hydrogens is 278 g/mol. The first-order valence-electron chi connectivity index (χ1n) is 7.73. The van der Waals surface area contributed by atoms with Gasteiger partial charge in [0.25, 0.3) is 5.91 Å². The average Bonchev–Trinajstić information content (AvgIpc) is 2.91. The van der Waals surface area contributed by atoms with Crippen LogP contribution in [-0.2, 0) is 11.8 Å². The zero-order valence-corrected chi connectivity index (χ0v) is 13.1. The predicted octanol–water partition coefficient (Wildman–Crippen LogP) is 1.87. The van der Waals surface area contributed by atoms with E-state index in [4.69, 9.17) is 0 Å². The van der Waals surface area contributed by atoms with E-state index in [0.29, 0.717) is 32.6 Å². The number of hydrogen-bond donors (Lipinski definition) is 0. The Kier molecular flexibility index (Phi) is 3.88. The van der Waals surface area contributed by atoms with Crippen molar-refractivity contribution in [3.05, 3.63) is 36.0 Å². The molecule has 0 spiro atoms. The summed E-state index contributed by atoms with van der Waals surface area (Å²) in [7, 11) is 1.96. The lowest BCUT2D eigenvalue weighted by atomic mass is 10.1. The van der Waals surface area contributed by atoms with Crippen molar-refractivity contribution in [1.29, 1.82) is 0 Å². The smallest absolute Gasteiger partial charge is 0.256 e. The fraction of sp³-hybridized carbons (Fsp3) is 0.412. The van der Waals surface area contributed by atoms with Crippen molar-refractivity contribution in [2.75, 3.05) is 26.2 Å². The highest BCUT2D eigenvalue weighted by molar-refractivity contribution is 6.07. The van der Waals surface area contributed by atoms with E-state index < -0.39 is 0 Å². The average molecular weight is 299 g/mol. The molecule has 1 aliphatic rings. The van der Waals surface area contributed by atoms with E-state index in [0.717, 1.165) is 16.5 Å². The maximum Gasteiger partial charge on any atom is 0.256 e. The van der Waals surface area contributed by atoms with Crippen molar-refractivity contribution in [3.63, 3.8) is 0 Å². The number of rotatable bonds is 2. The zero-order valence-electron chi connectivity index (χ0n) is 13.1. The van der Waals surface area contributed by atoms with E-state index in [1.54, 1.807) is 0 Å². The molecule has 1 aliphatic heterocycles. The molecule has 0 bridgehead atoms. The third kappa shape index (κ3) is 2.47. The van der Waals surface area contributed by atoms with E-state index in [2.05, 4.69) is 0 Å². The quantitative estimate of drug-likeness (QED) is 0.850. The molecule has 0 aliphatic carbocycles. The van der Waals surface area contributed by atoms with E-state index in [1.807, 2.05) is 58.8 Å². The molecule has 0 N–H and O–H groups in total. The van der Waals surface area contributed by atoms with E-state index >= 15 is 0 Å². The van der Waals surface area contributed by atoms with E-state index in [9.17, 15) is 9.59 Å². The van der Waals surface area contributed by atoms with Crippen molar-refractivity contribution < 1.29 is 9.59 Å². The molecule has 22 heavy (non-hydrogen) atoms. The summed E-state index contributed by atoms with van der Waals surface area (Å²) in [6.45, 7) is 4.34. The Morgan fingerprint density at radius 1 is 1.05 bits per heavy atom. The number of fused-ring (bicyclic) bond motifs is 1. The van der Waals surface area contributed by atoms with Gasteiger partial charge in [0.2, 0.25) is 5.91 Å². The van der Waals surface area contributed by atoms with Crippen LogP contribution in [0.4, 0.5) is 0 Å². The molecule has 116 valence electrons. The highest BCUT2D eigenvalue weighted by atomic mass is 16.2. The third-order valence-electron chi connectivity index (χ3n) is 4.35. The molecule has 2 aromatic rings. The van der Waals surface area contributed by atoms with Gasteiger partial charge >= 0.3 is 0 Å². The van der Waals surface area contributed by atoms with Crippen molar-refractivity contribution in [1.82, 2.24) is 14.4 Å². The number of para-hydroxylation sites is 1. The molecule has 5 heteroatoms. The van der Waals surface area contributed by atoms with Gasteiger partial charge < -0.3 is 14.4 Å². The van der Waals surface area contributed by atoms with Gasteiger partial charge in [0.15, 0.2) is 0 Å². The SMILES string of the molecule is CCC(=O)N1CCN(C(=O)c2cn(C)c3ccccc23)CC1. The number of hydrogen-bond acceptors (Lipinski definition) is 2. The molecular formula is C17H21N3O2. The summed E-state index contributed by atoms with van der Waals surface area (Å²) in [4.78, 5) is 28.2. The van der Waals surface area contributed by atoms with E-state index in [-0.39, 0.29) is 11.8 Å². The summed E-state index contributed by atoms with van der Waals surface area (Å²) >= 11 is 0. The van der Waals surface area contributed by atoms with Gasteiger partial charge in [0, 0.05) is 56.7 Å². The Morgan fingerprint density at radius 2 is 1.68 bits per heavy atom. The monoisotopic (exact) mass is 299 g/mol. The molecule has 0 saturated carbocycles. The molecule has 0 atom stereocenters. The molecule has 1 fully saturated rings. The Balaban J connectivity index is 1.79. The first kappa shape index (κ1) is 14.6. The number of aryl methyl sites for hydroxylation is 1. The number of nitrogens with zero attached hydrogens (tertiary/aromatic N) is 3. The second-order valence-electron chi connectivity index (χ2n) is 5.70. The van der Waals surface area contributed by atoms with Gasteiger partial charge in [-0.1, -0.05) is 25.1 Å². The highest BCUT2D eigenvalue weighted by Gasteiger charge is 2.25. The van der Waals surface area contributed by atoms with Gasteiger partial charge in [-0.25, -0.2) is 0 Å². The Labute approximate surface area is 130 Å². The van der Waals surface area contributed by atoms with Crippen LogP contribution in [0.2, 0.25) is 0 Å². The summed E-state index contributed by atoms with van der Waals surface area (Å²) in [5.74, 6) is 0.220. The lowest BCUT2D eigenvalue weighted by molar-refractivity contribution is -0.132. The molecule has 1 saturated heterocycles. The van der Waals surface area contributed by atoms with Crippen LogP contribution >= 0.6 is 0 Å². The predicted molar refractivity (Wildman–Crippen MR) is 85.7 cm³/mol. The summed E-state index contributed by atoms with van der Waals surface area (Å²) in [6.07, 6.45) is 2.42. The second kappa shape index (κ2) is 5.83. The molecule has 3 rings (SSSR count). The molecule has 2 heterocycles. The van der Waals surface area contributed by atoms with Crippen LogP contribution in [0.5, 0.6) is 0 Å². The van der Waals surface area contributed by atoms with Gasteiger partial charge in [0.05, 0.1) is 5.56 Å². The minimum Gasteiger partial charge on any atom is -0.350 e. The van der Waals surface area contributed by atoms with Crippen LogP contribution in [0.15, 0.2) is 30.5 Å². The lowest BCUT2D eigenvalue weighted by Crippen LogP contribution is -2.50. The van der Waals surface area contributed by atoms with Gasteiger partial charge in [-0.3, -0.25) is 9.59 Å². The van der Waals surface area contributed by atoms with Crippen LogP contribution in [0.3, 0.4) is 0 Å². The van der Waals surface area contributed by atoms with Gasteiger partial charge in [-0.05, 0) is 6.07 Å². The van der Waals surface area contributed by atoms with Crippen LogP contribution in [0.25, 0.3) is 10.9 Å². The molecule has 2 amide bonds. The first-order valence-corrected chi connectivity index (χ1v) is 7.73. The maximum absolute atomic E-state index is 12.8. The minimum absolute atomic E-state index is 0.0559.